The van der Waals surface area contributed by atoms with Gasteiger partial charge in [0.15, 0.2) is 0 Å². The van der Waals surface area contributed by atoms with Gasteiger partial charge in [0, 0.05) is 25.3 Å². The number of furan rings is 1. The molecule has 0 aliphatic carbocycles. The van der Waals surface area contributed by atoms with Gasteiger partial charge in [0.2, 0.25) is 0 Å². The van der Waals surface area contributed by atoms with Crippen molar-refractivity contribution < 1.29 is 9.15 Å². The highest BCUT2D eigenvalue weighted by atomic mass is 16.5. The molecular weight excluding hydrogens is 240 g/mol. The van der Waals surface area contributed by atoms with E-state index in [2.05, 4.69) is 22.3 Å². The minimum atomic E-state index is 0.247. The van der Waals surface area contributed by atoms with Gasteiger partial charge in [-0.1, -0.05) is 0 Å². The number of hydrogen-bond acceptors (Lipinski definition) is 4. The number of ether oxygens (including phenoxy) is 1. The molecule has 1 atom stereocenters. The van der Waals surface area contributed by atoms with E-state index in [1.165, 1.54) is 5.69 Å². The Morgan fingerprint density at radius 3 is 2.79 bits per heavy atom. The Kier molecular flexibility index (Phi) is 3.42. The van der Waals surface area contributed by atoms with Crippen molar-refractivity contribution in [2.75, 3.05) is 31.6 Å². The van der Waals surface area contributed by atoms with E-state index in [0.29, 0.717) is 0 Å². The van der Waals surface area contributed by atoms with Gasteiger partial charge in [-0.3, -0.25) is 0 Å². The second kappa shape index (κ2) is 5.36. The molecule has 19 heavy (non-hydrogen) atoms. The summed E-state index contributed by atoms with van der Waals surface area (Å²) in [5.74, 6) is 1.89. The van der Waals surface area contributed by atoms with E-state index in [9.17, 15) is 0 Å². The van der Waals surface area contributed by atoms with Crippen molar-refractivity contribution in [3.63, 3.8) is 0 Å². The van der Waals surface area contributed by atoms with Gasteiger partial charge in [0.25, 0.3) is 0 Å². The van der Waals surface area contributed by atoms with Crippen LogP contribution in [0.5, 0.6) is 5.75 Å². The number of rotatable bonds is 3. The fraction of sp³-hybridized carbons (Fsp3) is 0.333. The zero-order valence-electron chi connectivity index (χ0n) is 11.0. The van der Waals surface area contributed by atoms with Gasteiger partial charge in [0.05, 0.1) is 19.4 Å². The largest absolute Gasteiger partial charge is 0.497 e. The molecule has 2 aromatic rings. The van der Waals surface area contributed by atoms with Crippen LogP contribution in [0, 0.1) is 0 Å². The first-order valence-electron chi connectivity index (χ1n) is 6.53. The fourth-order valence-corrected chi connectivity index (χ4v) is 2.52. The first kappa shape index (κ1) is 12.1. The van der Waals surface area contributed by atoms with Crippen LogP contribution >= 0.6 is 0 Å². The SMILES string of the molecule is COc1ccc(N2CCNCC2c2ccco2)cc1. The van der Waals surface area contributed by atoms with Crippen LogP contribution in [0.15, 0.2) is 47.1 Å². The van der Waals surface area contributed by atoms with E-state index >= 15 is 0 Å². The van der Waals surface area contributed by atoms with Crippen molar-refractivity contribution in [2.24, 2.45) is 0 Å². The molecule has 0 saturated carbocycles. The van der Waals surface area contributed by atoms with Crippen molar-refractivity contribution in [1.29, 1.82) is 0 Å². The van der Waals surface area contributed by atoms with Gasteiger partial charge in [-0.25, -0.2) is 0 Å². The number of nitrogens with zero attached hydrogens (tertiary/aromatic N) is 1. The normalized spacial score (nSPS) is 19.4. The lowest BCUT2D eigenvalue weighted by Crippen LogP contribution is -2.46. The molecule has 4 nitrogen and oxygen atoms in total. The number of nitrogens with one attached hydrogen (secondary N) is 1. The van der Waals surface area contributed by atoms with Crippen molar-refractivity contribution in [2.45, 2.75) is 6.04 Å². The predicted octanol–water partition coefficient (Wildman–Crippen LogP) is 2.44. The summed E-state index contributed by atoms with van der Waals surface area (Å²) in [5.41, 5.74) is 1.20. The third-order valence-electron chi connectivity index (χ3n) is 3.52. The lowest BCUT2D eigenvalue weighted by atomic mass is 10.1. The van der Waals surface area contributed by atoms with Gasteiger partial charge in [0.1, 0.15) is 11.5 Å². The Morgan fingerprint density at radius 1 is 1.26 bits per heavy atom. The maximum atomic E-state index is 5.56. The molecule has 1 aliphatic heterocycles. The van der Waals surface area contributed by atoms with Crippen LogP contribution in [-0.2, 0) is 0 Å². The van der Waals surface area contributed by atoms with Gasteiger partial charge < -0.3 is 19.4 Å². The van der Waals surface area contributed by atoms with Crippen LogP contribution < -0.4 is 15.0 Å². The zero-order chi connectivity index (χ0) is 13.1. The Bertz CT molecular complexity index is 507. The quantitative estimate of drug-likeness (QED) is 0.917. The molecule has 2 heterocycles. The van der Waals surface area contributed by atoms with Crippen LogP contribution in [0.1, 0.15) is 11.8 Å². The van der Waals surface area contributed by atoms with E-state index in [1.807, 2.05) is 24.3 Å². The molecule has 1 unspecified atom stereocenters. The monoisotopic (exact) mass is 258 g/mol. The first-order chi connectivity index (χ1) is 9.38. The zero-order valence-corrected chi connectivity index (χ0v) is 11.0. The molecular formula is C15H18N2O2. The molecule has 1 aromatic carbocycles. The summed E-state index contributed by atoms with van der Waals surface area (Å²) in [7, 11) is 1.69. The van der Waals surface area contributed by atoms with Crippen molar-refractivity contribution in [3.05, 3.63) is 48.4 Å². The minimum Gasteiger partial charge on any atom is -0.497 e. The van der Waals surface area contributed by atoms with Crippen LogP contribution in [-0.4, -0.2) is 26.7 Å². The molecule has 4 heteroatoms. The van der Waals surface area contributed by atoms with Crippen molar-refractivity contribution in [1.82, 2.24) is 5.32 Å². The third-order valence-corrected chi connectivity index (χ3v) is 3.52. The number of benzene rings is 1. The van der Waals surface area contributed by atoms with Gasteiger partial charge >= 0.3 is 0 Å². The molecule has 0 amide bonds. The minimum absolute atomic E-state index is 0.247. The number of hydrogen-bond donors (Lipinski definition) is 1. The fourth-order valence-electron chi connectivity index (χ4n) is 2.52. The molecule has 100 valence electrons. The number of methoxy groups -OCH3 is 1. The Labute approximate surface area is 113 Å². The number of piperazine rings is 1. The average Bonchev–Trinajstić information content (AvgIpc) is 3.01. The second-order valence-corrected chi connectivity index (χ2v) is 4.63. The molecule has 0 bridgehead atoms. The lowest BCUT2D eigenvalue weighted by Gasteiger charge is -2.36. The van der Waals surface area contributed by atoms with Crippen molar-refractivity contribution in [3.8, 4) is 5.75 Å². The Hall–Kier alpha value is -1.94. The van der Waals surface area contributed by atoms with E-state index in [4.69, 9.17) is 9.15 Å². The van der Waals surface area contributed by atoms with E-state index in [1.54, 1.807) is 13.4 Å². The first-order valence-corrected chi connectivity index (χ1v) is 6.53. The lowest BCUT2D eigenvalue weighted by molar-refractivity contribution is 0.402. The highest BCUT2D eigenvalue weighted by molar-refractivity contribution is 5.51. The maximum Gasteiger partial charge on any atom is 0.127 e. The summed E-state index contributed by atoms with van der Waals surface area (Å²) in [5, 5.41) is 3.42. The van der Waals surface area contributed by atoms with E-state index in [-0.39, 0.29) is 6.04 Å². The van der Waals surface area contributed by atoms with Gasteiger partial charge in [-0.15, -0.1) is 0 Å². The van der Waals surface area contributed by atoms with E-state index in [0.717, 1.165) is 31.1 Å². The molecule has 1 aliphatic rings. The molecule has 1 aromatic heterocycles. The smallest absolute Gasteiger partial charge is 0.127 e. The molecule has 0 spiro atoms. The van der Waals surface area contributed by atoms with Crippen LogP contribution in [0.2, 0.25) is 0 Å². The summed E-state index contributed by atoms with van der Waals surface area (Å²) < 4.78 is 10.8. The third kappa shape index (κ3) is 2.44. The molecule has 1 saturated heterocycles. The highest BCUT2D eigenvalue weighted by Gasteiger charge is 2.25. The van der Waals surface area contributed by atoms with E-state index < -0.39 is 0 Å². The molecule has 1 N–H and O–H groups in total. The number of anilines is 1. The highest BCUT2D eigenvalue weighted by Crippen LogP contribution is 2.29. The summed E-state index contributed by atoms with van der Waals surface area (Å²) in [4.78, 5) is 2.37. The Balaban J connectivity index is 1.87. The molecule has 1 fully saturated rings. The van der Waals surface area contributed by atoms with Crippen molar-refractivity contribution >= 4 is 5.69 Å². The standard InChI is InChI=1S/C15H18N2O2/c1-18-13-6-4-12(5-7-13)17-9-8-16-11-14(17)15-3-2-10-19-15/h2-7,10,14,16H,8-9,11H2,1H3. The van der Waals surface area contributed by atoms with Crippen LogP contribution in [0.25, 0.3) is 0 Å². The molecule has 3 rings (SSSR count). The second-order valence-electron chi connectivity index (χ2n) is 4.63. The predicted molar refractivity (Wildman–Crippen MR) is 74.7 cm³/mol. The summed E-state index contributed by atoms with van der Waals surface area (Å²) in [6, 6.07) is 12.4. The summed E-state index contributed by atoms with van der Waals surface area (Å²) in [6.07, 6.45) is 1.73. The van der Waals surface area contributed by atoms with Gasteiger partial charge in [-0.2, -0.15) is 0 Å². The topological polar surface area (TPSA) is 37.6 Å². The summed E-state index contributed by atoms with van der Waals surface area (Å²) >= 11 is 0. The maximum absolute atomic E-state index is 5.56. The van der Waals surface area contributed by atoms with Crippen LogP contribution in [0.3, 0.4) is 0 Å². The summed E-state index contributed by atoms with van der Waals surface area (Å²) in [6.45, 7) is 2.86. The molecule has 0 radical (unpaired) electrons. The average molecular weight is 258 g/mol. The van der Waals surface area contributed by atoms with Gasteiger partial charge in [-0.05, 0) is 36.4 Å². The van der Waals surface area contributed by atoms with Crippen LogP contribution in [0.4, 0.5) is 5.69 Å². The Morgan fingerprint density at radius 2 is 2.11 bits per heavy atom.